The molecule has 0 saturated carbocycles. The van der Waals surface area contributed by atoms with Gasteiger partial charge in [0.2, 0.25) is 5.91 Å². The number of rotatable bonds is 8. The molecule has 100 valence electrons. The number of carboxylic acids is 1. The molecular weight excluding hydrogens is 238 g/mol. The lowest BCUT2D eigenvalue weighted by molar-refractivity contribution is -0.142. The molecule has 0 saturated heterocycles. The number of aromatic amines is 1. The van der Waals surface area contributed by atoms with E-state index in [1.54, 1.807) is 0 Å². The highest BCUT2D eigenvalue weighted by Gasteiger charge is 2.20. The Morgan fingerprint density at radius 1 is 1.61 bits per heavy atom. The van der Waals surface area contributed by atoms with Gasteiger partial charge in [0.1, 0.15) is 12.6 Å². The number of hydrogen-bond donors (Lipinski definition) is 3. The third-order valence-electron chi connectivity index (χ3n) is 2.19. The summed E-state index contributed by atoms with van der Waals surface area (Å²) in [5.74, 6) is -1.52. The highest BCUT2D eigenvalue weighted by molar-refractivity contribution is 5.84. The zero-order chi connectivity index (χ0) is 13.4. The summed E-state index contributed by atoms with van der Waals surface area (Å²) in [6, 6.07) is -0.983. The lowest BCUT2D eigenvalue weighted by atomic mass is 10.1. The molecule has 0 aliphatic carbocycles. The van der Waals surface area contributed by atoms with Gasteiger partial charge in [0.15, 0.2) is 0 Å². The Bertz CT molecular complexity index is 378. The quantitative estimate of drug-likeness (QED) is 0.565. The summed E-state index contributed by atoms with van der Waals surface area (Å²) in [4.78, 5) is 29.0. The zero-order valence-corrected chi connectivity index (χ0v) is 10.2. The molecule has 18 heavy (non-hydrogen) atoms. The fraction of sp³-hybridized carbons (Fsp3) is 0.545. The Balaban J connectivity index is 2.42. The predicted octanol–water partition coefficient (Wildman–Crippen LogP) is -0.0518. The number of H-pyrrole nitrogens is 1. The molecule has 0 radical (unpaired) electrons. The van der Waals surface area contributed by atoms with Crippen molar-refractivity contribution in [1.82, 2.24) is 15.3 Å². The number of imidazole rings is 1. The second-order valence-corrected chi connectivity index (χ2v) is 3.79. The monoisotopic (exact) mass is 255 g/mol. The number of hydrogen-bond acceptors (Lipinski definition) is 4. The van der Waals surface area contributed by atoms with Crippen LogP contribution in [0, 0.1) is 0 Å². The van der Waals surface area contributed by atoms with Gasteiger partial charge in [0, 0.05) is 24.9 Å². The molecule has 1 amide bonds. The largest absolute Gasteiger partial charge is 0.480 e. The van der Waals surface area contributed by atoms with E-state index in [9.17, 15) is 9.59 Å². The second-order valence-electron chi connectivity index (χ2n) is 3.79. The number of aromatic nitrogens is 2. The van der Waals surface area contributed by atoms with Crippen LogP contribution in [0.1, 0.15) is 19.0 Å². The van der Waals surface area contributed by atoms with Gasteiger partial charge >= 0.3 is 5.97 Å². The van der Waals surface area contributed by atoms with Gasteiger partial charge in [0.05, 0.1) is 6.33 Å². The van der Waals surface area contributed by atoms with Gasteiger partial charge in [0.25, 0.3) is 0 Å². The summed E-state index contributed by atoms with van der Waals surface area (Å²) < 4.78 is 5.04. The number of aliphatic carboxylic acids is 1. The first kappa shape index (κ1) is 14.2. The molecule has 7 heteroatoms. The molecule has 1 atom stereocenters. The number of ether oxygens (including phenoxy) is 1. The molecular formula is C11H17N3O4. The molecule has 3 N–H and O–H groups in total. The van der Waals surface area contributed by atoms with Crippen LogP contribution in [0.25, 0.3) is 0 Å². The van der Waals surface area contributed by atoms with E-state index >= 15 is 0 Å². The summed E-state index contributed by atoms with van der Waals surface area (Å²) in [7, 11) is 0. The van der Waals surface area contributed by atoms with Crippen LogP contribution >= 0.6 is 0 Å². The third-order valence-corrected chi connectivity index (χ3v) is 2.19. The first-order valence-corrected chi connectivity index (χ1v) is 5.70. The van der Waals surface area contributed by atoms with E-state index in [2.05, 4.69) is 15.3 Å². The van der Waals surface area contributed by atoms with Crippen molar-refractivity contribution in [2.75, 3.05) is 13.2 Å². The Hall–Kier alpha value is -1.89. The fourth-order valence-corrected chi connectivity index (χ4v) is 1.36. The smallest absolute Gasteiger partial charge is 0.326 e. The minimum atomic E-state index is -1.09. The third kappa shape index (κ3) is 4.96. The molecule has 0 aliphatic rings. The van der Waals surface area contributed by atoms with Gasteiger partial charge in [-0.2, -0.15) is 0 Å². The van der Waals surface area contributed by atoms with Crippen LogP contribution < -0.4 is 5.32 Å². The van der Waals surface area contributed by atoms with Crippen molar-refractivity contribution < 1.29 is 19.4 Å². The van der Waals surface area contributed by atoms with E-state index < -0.39 is 17.9 Å². The Morgan fingerprint density at radius 3 is 2.94 bits per heavy atom. The van der Waals surface area contributed by atoms with Crippen LogP contribution in [0.3, 0.4) is 0 Å². The minimum Gasteiger partial charge on any atom is -0.480 e. The summed E-state index contributed by atoms with van der Waals surface area (Å²) in [5.41, 5.74) is 0.650. The van der Waals surface area contributed by atoms with Crippen LogP contribution in [-0.4, -0.2) is 46.2 Å². The fourth-order valence-electron chi connectivity index (χ4n) is 1.36. The second kappa shape index (κ2) is 7.44. The number of carbonyl (C=O) groups is 2. The molecule has 0 aromatic carbocycles. The van der Waals surface area contributed by atoms with Crippen molar-refractivity contribution in [1.29, 1.82) is 0 Å². The lowest BCUT2D eigenvalue weighted by Gasteiger charge is -2.13. The Labute approximate surface area is 105 Å². The first-order valence-electron chi connectivity index (χ1n) is 5.70. The maximum absolute atomic E-state index is 11.4. The van der Waals surface area contributed by atoms with Crippen molar-refractivity contribution in [2.45, 2.75) is 25.8 Å². The van der Waals surface area contributed by atoms with Crippen LogP contribution in [0.15, 0.2) is 12.5 Å². The Morgan fingerprint density at radius 2 is 2.39 bits per heavy atom. The van der Waals surface area contributed by atoms with Crippen LogP contribution in [-0.2, 0) is 20.7 Å². The van der Waals surface area contributed by atoms with Crippen LogP contribution in [0.2, 0.25) is 0 Å². The van der Waals surface area contributed by atoms with E-state index in [-0.39, 0.29) is 13.0 Å². The normalized spacial score (nSPS) is 12.1. The van der Waals surface area contributed by atoms with Gasteiger partial charge in [-0.1, -0.05) is 6.92 Å². The lowest BCUT2D eigenvalue weighted by Crippen LogP contribution is -2.44. The van der Waals surface area contributed by atoms with Gasteiger partial charge in [-0.15, -0.1) is 0 Å². The molecule has 7 nitrogen and oxygen atoms in total. The summed E-state index contributed by atoms with van der Waals surface area (Å²) in [6.07, 6.45) is 3.95. The maximum atomic E-state index is 11.4. The molecule has 0 spiro atoms. The van der Waals surface area contributed by atoms with Gasteiger partial charge in [-0.05, 0) is 6.42 Å². The Kier molecular flexibility index (Phi) is 5.86. The molecule has 1 rings (SSSR count). The molecule has 0 aliphatic heterocycles. The van der Waals surface area contributed by atoms with Crippen LogP contribution in [0.5, 0.6) is 0 Å². The SMILES string of the molecule is CCCOCC(=O)N[C@H](Cc1cnc[nH]1)C(=O)O. The summed E-state index contributed by atoms with van der Waals surface area (Å²) >= 11 is 0. The number of nitrogens with zero attached hydrogens (tertiary/aromatic N) is 1. The van der Waals surface area contributed by atoms with Crippen molar-refractivity contribution in [3.63, 3.8) is 0 Å². The molecule has 1 aromatic heterocycles. The van der Waals surface area contributed by atoms with Crippen molar-refractivity contribution >= 4 is 11.9 Å². The molecule has 1 heterocycles. The highest BCUT2D eigenvalue weighted by Crippen LogP contribution is 1.99. The van der Waals surface area contributed by atoms with Crippen LogP contribution in [0.4, 0.5) is 0 Å². The number of carboxylic acid groups (broad SMARTS) is 1. The standard InChI is InChI=1S/C11H17N3O4/c1-2-3-18-6-10(15)14-9(11(16)17)4-8-5-12-7-13-8/h5,7,9H,2-4,6H2,1H3,(H,12,13)(H,14,15)(H,16,17)/t9-/m1/s1. The number of nitrogens with one attached hydrogen (secondary N) is 2. The average molecular weight is 255 g/mol. The topological polar surface area (TPSA) is 104 Å². The van der Waals surface area contributed by atoms with Crippen molar-refractivity contribution in [2.24, 2.45) is 0 Å². The molecule has 0 fully saturated rings. The zero-order valence-electron chi connectivity index (χ0n) is 10.2. The number of carbonyl (C=O) groups excluding carboxylic acids is 1. The predicted molar refractivity (Wildman–Crippen MR) is 63.0 cm³/mol. The molecule has 1 aromatic rings. The highest BCUT2D eigenvalue weighted by atomic mass is 16.5. The first-order chi connectivity index (χ1) is 8.63. The van der Waals surface area contributed by atoms with E-state index in [1.807, 2.05) is 6.92 Å². The van der Waals surface area contributed by atoms with E-state index in [0.717, 1.165) is 6.42 Å². The van der Waals surface area contributed by atoms with Gasteiger partial charge in [-0.3, -0.25) is 4.79 Å². The summed E-state index contributed by atoms with van der Waals surface area (Å²) in [6.45, 7) is 2.28. The molecule has 0 unspecified atom stereocenters. The maximum Gasteiger partial charge on any atom is 0.326 e. The molecule has 0 bridgehead atoms. The van der Waals surface area contributed by atoms with E-state index in [0.29, 0.717) is 12.3 Å². The van der Waals surface area contributed by atoms with Crippen molar-refractivity contribution in [3.05, 3.63) is 18.2 Å². The van der Waals surface area contributed by atoms with Crippen molar-refractivity contribution in [3.8, 4) is 0 Å². The number of amides is 1. The minimum absolute atomic E-state index is 0.124. The summed E-state index contributed by atoms with van der Waals surface area (Å²) in [5, 5.41) is 11.4. The van der Waals surface area contributed by atoms with E-state index in [4.69, 9.17) is 9.84 Å². The van der Waals surface area contributed by atoms with E-state index in [1.165, 1.54) is 12.5 Å². The van der Waals surface area contributed by atoms with Gasteiger partial charge < -0.3 is 20.1 Å². The van der Waals surface area contributed by atoms with Gasteiger partial charge in [-0.25, -0.2) is 9.78 Å². The average Bonchev–Trinajstić information content (AvgIpc) is 2.81.